The van der Waals surface area contributed by atoms with Crippen molar-refractivity contribution in [2.24, 2.45) is 11.1 Å². The fourth-order valence-electron chi connectivity index (χ4n) is 1.37. The fourth-order valence-corrected chi connectivity index (χ4v) is 1.37. The Labute approximate surface area is 104 Å². The molecule has 17 heavy (non-hydrogen) atoms. The van der Waals surface area contributed by atoms with E-state index in [0.717, 1.165) is 12.8 Å². The Kier molecular flexibility index (Phi) is 9.03. The highest BCUT2D eigenvalue weighted by Crippen LogP contribution is 2.20. The van der Waals surface area contributed by atoms with Crippen molar-refractivity contribution in [3.8, 4) is 0 Å². The van der Waals surface area contributed by atoms with Crippen LogP contribution in [0.25, 0.3) is 0 Å². The third-order valence-electron chi connectivity index (χ3n) is 2.49. The molecular formula is C12H26N2O3. The average molecular weight is 246 g/mol. The quantitative estimate of drug-likeness (QED) is 0.551. The highest BCUT2D eigenvalue weighted by molar-refractivity contribution is 5.77. The Morgan fingerprint density at radius 3 is 2.65 bits per heavy atom. The minimum atomic E-state index is -0.0815. The van der Waals surface area contributed by atoms with Gasteiger partial charge in [0.2, 0.25) is 5.91 Å². The van der Waals surface area contributed by atoms with Gasteiger partial charge in [0.1, 0.15) is 6.61 Å². The van der Waals surface area contributed by atoms with Gasteiger partial charge in [0.05, 0.1) is 13.2 Å². The van der Waals surface area contributed by atoms with Gasteiger partial charge in [0.25, 0.3) is 0 Å². The number of rotatable bonds is 10. The second kappa shape index (κ2) is 9.39. The van der Waals surface area contributed by atoms with Crippen molar-refractivity contribution in [1.82, 2.24) is 5.32 Å². The first-order valence-corrected chi connectivity index (χ1v) is 6.05. The van der Waals surface area contributed by atoms with Gasteiger partial charge in [-0.25, -0.2) is 0 Å². The summed E-state index contributed by atoms with van der Waals surface area (Å²) < 4.78 is 9.94. The van der Waals surface area contributed by atoms with E-state index < -0.39 is 0 Å². The van der Waals surface area contributed by atoms with Crippen LogP contribution in [0.3, 0.4) is 0 Å². The highest BCUT2D eigenvalue weighted by Gasteiger charge is 2.17. The Bertz CT molecular complexity index is 208. The number of nitrogens with two attached hydrogens (primary N) is 1. The molecule has 0 spiro atoms. The van der Waals surface area contributed by atoms with E-state index in [1.807, 2.05) is 0 Å². The summed E-state index contributed by atoms with van der Waals surface area (Å²) in [5.74, 6) is -0.0815. The molecule has 0 unspecified atom stereocenters. The first-order chi connectivity index (χ1) is 8.02. The van der Waals surface area contributed by atoms with Crippen LogP contribution in [0.5, 0.6) is 0 Å². The van der Waals surface area contributed by atoms with Crippen LogP contribution in [-0.2, 0) is 14.3 Å². The summed E-state index contributed by atoms with van der Waals surface area (Å²) in [7, 11) is 1.60. The van der Waals surface area contributed by atoms with E-state index in [0.29, 0.717) is 26.3 Å². The van der Waals surface area contributed by atoms with Crippen molar-refractivity contribution in [3.63, 3.8) is 0 Å². The minimum Gasteiger partial charge on any atom is -0.382 e. The molecule has 1 amide bonds. The molecule has 0 aromatic carbocycles. The molecule has 0 saturated carbocycles. The zero-order valence-corrected chi connectivity index (χ0v) is 11.3. The predicted molar refractivity (Wildman–Crippen MR) is 67.8 cm³/mol. The summed E-state index contributed by atoms with van der Waals surface area (Å²) in [6, 6.07) is 0. The van der Waals surface area contributed by atoms with Crippen molar-refractivity contribution in [2.75, 3.05) is 40.0 Å². The third kappa shape index (κ3) is 10.2. The predicted octanol–water partition coefficient (Wildman–Crippen LogP) is 0.531. The molecule has 5 nitrogen and oxygen atoms in total. The SMILES string of the molecule is COCCOCC(=O)NCC(C)(C)CCCN. The van der Waals surface area contributed by atoms with Gasteiger partial charge in [-0.2, -0.15) is 0 Å². The molecule has 0 aliphatic heterocycles. The molecule has 0 rings (SSSR count). The van der Waals surface area contributed by atoms with Crippen molar-refractivity contribution >= 4 is 5.91 Å². The topological polar surface area (TPSA) is 73.6 Å². The number of carbonyl (C=O) groups excluding carboxylic acids is 1. The lowest BCUT2D eigenvalue weighted by Gasteiger charge is -2.24. The molecule has 0 saturated heterocycles. The zero-order chi connectivity index (χ0) is 13.1. The van der Waals surface area contributed by atoms with Gasteiger partial charge in [-0.05, 0) is 24.8 Å². The number of methoxy groups -OCH3 is 1. The van der Waals surface area contributed by atoms with Gasteiger partial charge in [0, 0.05) is 13.7 Å². The van der Waals surface area contributed by atoms with E-state index in [4.69, 9.17) is 15.2 Å². The number of hydrogen-bond donors (Lipinski definition) is 2. The number of hydrogen-bond acceptors (Lipinski definition) is 4. The van der Waals surface area contributed by atoms with Crippen LogP contribution >= 0.6 is 0 Å². The molecule has 5 heteroatoms. The molecule has 0 bridgehead atoms. The Balaban J connectivity index is 3.60. The Morgan fingerprint density at radius 1 is 1.35 bits per heavy atom. The van der Waals surface area contributed by atoms with E-state index in [2.05, 4.69) is 19.2 Å². The molecule has 0 aromatic heterocycles. The molecule has 0 radical (unpaired) electrons. The van der Waals surface area contributed by atoms with Crippen molar-refractivity contribution < 1.29 is 14.3 Å². The number of nitrogens with one attached hydrogen (secondary N) is 1. The van der Waals surface area contributed by atoms with Gasteiger partial charge in [0.15, 0.2) is 0 Å². The molecule has 0 atom stereocenters. The van der Waals surface area contributed by atoms with E-state index in [1.54, 1.807) is 7.11 Å². The second-order valence-corrected chi connectivity index (χ2v) is 4.88. The number of carbonyl (C=O) groups is 1. The Hall–Kier alpha value is -0.650. The molecule has 0 aliphatic carbocycles. The maximum atomic E-state index is 11.4. The van der Waals surface area contributed by atoms with Crippen LogP contribution in [-0.4, -0.2) is 45.9 Å². The van der Waals surface area contributed by atoms with Crippen molar-refractivity contribution in [2.45, 2.75) is 26.7 Å². The molecule has 0 heterocycles. The second-order valence-electron chi connectivity index (χ2n) is 4.88. The normalized spacial score (nSPS) is 11.5. The summed E-state index contributed by atoms with van der Waals surface area (Å²) in [4.78, 5) is 11.4. The first kappa shape index (κ1) is 16.4. The van der Waals surface area contributed by atoms with Crippen molar-refractivity contribution in [1.29, 1.82) is 0 Å². The molecule has 102 valence electrons. The van der Waals surface area contributed by atoms with Crippen molar-refractivity contribution in [3.05, 3.63) is 0 Å². The standard InChI is InChI=1S/C12H26N2O3/c1-12(2,5-4-6-13)10-14-11(15)9-17-8-7-16-3/h4-10,13H2,1-3H3,(H,14,15). The van der Waals surface area contributed by atoms with E-state index >= 15 is 0 Å². The first-order valence-electron chi connectivity index (χ1n) is 6.05. The van der Waals surface area contributed by atoms with Crippen LogP contribution in [0, 0.1) is 5.41 Å². The largest absolute Gasteiger partial charge is 0.382 e. The van der Waals surface area contributed by atoms with E-state index in [9.17, 15) is 4.79 Å². The minimum absolute atomic E-state index is 0.0815. The van der Waals surface area contributed by atoms with Crippen LogP contribution in [0.1, 0.15) is 26.7 Å². The summed E-state index contributed by atoms with van der Waals surface area (Å²) >= 11 is 0. The maximum Gasteiger partial charge on any atom is 0.246 e. The lowest BCUT2D eigenvalue weighted by atomic mass is 9.88. The summed E-state index contributed by atoms with van der Waals surface area (Å²) in [5.41, 5.74) is 5.55. The maximum absolute atomic E-state index is 11.4. The van der Waals surface area contributed by atoms with Crippen LogP contribution < -0.4 is 11.1 Å². The van der Waals surface area contributed by atoms with Crippen LogP contribution in [0.2, 0.25) is 0 Å². The van der Waals surface area contributed by atoms with Gasteiger partial charge in [-0.15, -0.1) is 0 Å². The smallest absolute Gasteiger partial charge is 0.246 e. The van der Waals surface area contributed by atoms with Gasteiger partial charge >= 0.3 is 0 Å². The monoisotopic (exact) mass is 246 g/mol. The molecule has 0 aromatic rings. The van der Waals surface area contributed by atoms with Gasteiger partial charge in [-0.1, -0.05) is 13.8 Å². The van der Waals surface area contributed by atoms with Gasteiger partial charge < -0.3 is 20.5 Å². The molecule has 0 aliphatic rings. The Morgan fingerprint density at radius 2 is 2.06 bits per heavy atom. The summed E-state index contributed by atoms with van der Waals surface area (Å²) in [6.07, 6.45) is 1.99. The van der Waals surface area contributed by atoms with E-state index in [1.165, 1.54) is 0 Å². The number of amides is 1. The average Bonchev–Trinajstić information content (AvgIpc) is 2.30. The zero-order valence-electron chi connectivity index (χ0n) is 11.3. The van der Waals surface area contributed by atoms with Gasteiger partial charge in [-0.3, -0.25) is 4.79 Å². The lowest BCUT2D eigenvalue weighted by Crippen LogP contribution is -2.36. The van der Waals surface area contributed by atoms with Crippen LogP contribution in [0.4, 0.5) is 0 Å². The molecule has 3 N–H and O–H groups in total. The molecule has 0 fully saturated rings. The third-order valence-corrected chi connectivity index (χ3v) is 2.49. The summed E-state index contributed by atoms with van der Waals surface area (Å²) in [6.45, 7) is 6.63. The number of ether oxygens (including phenoxy) is 2. The van der Waals surface area contributed by atoms with E-state index in [-0.39, 0.29) is 17.9 Å². The lowest BCUT2D eigenvalue weighted by molar-refractivity contribution is -0.126. The van der Waals surface area contributed by atoms with Crippen LogP contribution in [0.15, 0.2) is 0 Å². The highest BCUT2D eigenvalue weighted by atomic mass is 16.5. The summed E-state index contributed by atoms with van der Waals surface area (Å²) in [5, 5.41) is 2.86. The molecular weight excluding hydrogens is 220 g/mol. The fraction of sp³-hybridized carbons (Fsp3) is 0.917.